The van der Waals surface area contributed by atoms with E-state index in [9.17, 15) is 9.59 Å². The molecule has 130 valence electrons. The number of aryl methyl sites for hydroxylation is 1. The smallest absolute Gasteiger partial charge is 0.262 e. The summed E-state index contributed by atoms with van der Waals surface area (Å²) >= 11 is 1.35. The molecule has 0 unspecified atom stereocenters. The zero-order valence-electron chi connectivity index (χ0n) is 13.9. The fraction of sp³-hybridized carbons (Fsp3) is 0.105. The molecule has 0 fully saturated rings. The Kier molecular flexibility index (Phi) is 4.14. The third kappa shape index (κ3) is 3.29. The van der Waals surface area contributed by atoms with Crippen molar-refractivity contribution in [1.82, 2.24) is 4.98 Å². The van der Waals surface area contributed by atoms with Crippen molar-refractivity contribution >= 4 is 34.0 Å². The second kappa shape index (κ2) is 6.61. The van der Waals surface area contributed by atoms with Crippen LogP contribution < -0.4 is 15.4 Å². The van der Waals surface area contributed by atoms with Gasteiger partial charge in [-0.15, -0.1) is 11.3 Å². The SMILES string of the molecule is Cc1ccc(C(=O)Nc2nc(-c3ccc4c(c3)NC(=O)CO4)cs2)cc1. The lowest BCUT2D eigenvalue weighted by atomic mass is 10.1. The average molecular weight is 365 g/mol. The molecule has 7 heteroatoms. The number of hydrogen-bond donors (Lipinski definition) is 2. The van der Waals surface area contributed by atoms with E-state index in [4.69, 9.17) is 4.74 Å². The van der Waals surface area contributed by atoms with E-state index in [1.54, 1.807) is 18.2 Å². The third-order valence-electron chi connectivity index (χ3n) is 3.95. The van der Waals surface area contributed by atoms with E-state index in [0.29, 0.717) is 22.1 Å². The minimum Gasteiger partial charge on any atom is -0.482 e. The summed E-state index contributed by atoms with van der Waals surface area (Å²) in [5.74, 6) is 0.257. The molecule has 2 amide bonds. The largest absolute Gasteiger partial charge is 0.482 e. The second-order valence-corrected chi connectivity index (χ2v) is 6.76. The van der Waals surface area contributed by atoms with Gasteiger partial charge in [0, 0.05) is 16.5 Å². The van der Waals surface area contributed by atoms with Crippen molar-refractivity contribution in [2.24, 2.45) is 0 Å². The zero-order chi connectivity index (χ0) is 18.1. The number of hydrogen-bond acceptors (Lipinski definition) is 5. The van der Waals surface area contributed by atoms with Crippen LogP contribution in [0.3, 0.4) is 0 Å². The number of carbonyl (C=O) groups is 2. The molecule has 3 aromatic rings. The Balaban J connectivity index is 1.53. The zero-order valence-corrected chi connectivity index (χ0v) is 14.7. The fourth-order valence-electron chi connectivity index (χ4n) is 2.58. The predicted molar refractivity (Wildman–Crippen MR) is 101 cm³/mol. The summed E-state index contributed by atoms with van der Waals surface area (Å²) in [7, 11) is 0. The van der Waals surface area contributed by atoms with Gasteiger partial charge < -0.3 is 10.1 Å². The van der Waals surface area contributed by atoms with Gasteiger partial charge in [0.15, 0.2) is 11.7 Å². The summed E-state index contributed by atoms with van der Waals surface area (Å²) < 4.78 is 5.35. The van der Waals surface area contributed by atoms with Gasteiger partial charge in [-0.1, -0.05) is 17.7 Å². The molecule has 0 saturated heterocycles. The van der Waals surface area contributed by atoms with Gasteiger partial charge in [0.05, 0.1) is 11.4 Å². The Morgan fingerprint density at radius 1 is 1.23 bits per heavy atom. The van der Waals surface area contributed by atoms with Crippen molar-refractivity contribution < 1.29 is 14.3 Å². The van der Waals surface area contributed by atoms with E-state index in [1.807, 2.05) is 36.6 Å². The number of anilines is 2. The van der Waals surface area contributed by atoms with Crippen LogP contribution in [0.2, 0.25) is 0 Å². The number of fused-ring (bicyclic) bond motifs is 1. The molecule has 1 aromatic heterocycles. The first-order chi connectivity index (χ1) is 12.6. The number of aromatic nitrogens is 1. The number of amides is 2. The quantitative estimate of drug-likeness (QED) is 0.742. The topological polar surface area (TPSA) is 80.3 Å². The molecule has 4 rings (SSSR count). The molecule has 2 aromatic carbocycles. The summed E-state index contributed by atoms with van der Waals surface area (Å²) in [6.07, 6.45) is 0. The van der Waals surface area contributed by atoms with Crippen LogP contribution in [-0.4, -0.2) is 23.4 Å². The maximum atomic E-state index is 12.3. The average Bonchev–Trinajstić information content (AvgIpc) is 3.10. The lowest BCUT2D eigenvalue weighted by Gasteiger charge is -2.18. The van der Waals surface area contributed by atoms with Gasteiger partial charge in [-0.2, -0.15) is 0 Å². The molecule has 0 aliphatic carbocycles. The second-order valence-electron chi connectivity index (χ2n) is 5.91. The van der Waals surface area contributed by atoms with Gasteiger partial charge in [-0.05, 0) is 37.3 Å². The van der Waals surface area contributed by atoms with E-state index in [2.05, 4.69) is 15.6 Å². The molecule has 1 aliphatic heterocycles. The molecule has 0 bridgehead atoms. The van der Waals surface area contributed by atoms with Crippen LogP contribution in [-0.2, 0) is 4.79 Å². The van der Waals surface area contributed by atoms with Gasteiger partial charge in [0.25, 0.3) is 11.8 Å². The van der Waals surface area contributed by atoms with Crippen LogP contribution in [0.15, 0.2) is 47.8 Å². The van der Waals surface area contributed by atoms with Crippen molar-refractivity contribution in [3.8, 4) is 17.0 Å². The summed E-state index contributed by atoms with van der Waals surface area (Å²) in [6.45, 7) is 2.00. The first kappa shape index (κ1) is 16.3. The number of rotatable bonds is 3. The number of ether oxygens (including phenoxy) is 1. The summed E-state index contributed by atoms with van der Waals surface area (Å²) in [6, 6.07) is 12.8. The Hall–Kier alpha value is -3.19. The highest BCUT2D eigenvalue weighted by atomic mass is 32.1. The number of nitrogens with one attached hydrogen (secondary N) is 2. The molecule has 2 N–H and O–H groups in total. The first-order valence-corrected chi connectivity index (χ1v) is 8.87. The summed E-state index contributed by atoms with van der Waals surface area (Å²) in [4.78, 5) is 28.2. The minimum atomic E-state index is -0.197. The van der Waals surface area contributed by atoms with Crippen LogP contribution in [0.1, 0.15) is 15.9 Å². The molecule has 6 nitrogen and oxygen atoms in total. The molecule has 1 aliphatic rings. The standard InChI is InChI=1S/C19H15N3O3S/c1-11-2-4-12(5-3-11)18(24)22-19-21-15(10-26-19)13-6-7-16-14(8-13)20-17(23)9-25-16/h2-8,10H,9H2,1H3,(H,20,23)(H,21,22,24). The number of carbonyl (C=O) groups excluding carboxylic acids is 2. The molecule has 2 heterocycles. The predicted octanol–water partition coefficient (Wildman–Crippen LogP) is 3.70. The maximum absolute atomic E-state index is 12.3. The summed E-state index contributed by atoms with van der Waals surface area (Å²) in [5.41, 5.74) is 3.86. The van der Waals surface area contributed by atoms with Gasteiger partial charge in [-0.25, -0.2) is 4.98 Å². The first-order valence-electron chi connectivity index (χ1n) is 7.99. The van der Waals surface area contributed by atoms with Crippen LogP contribution in [0.5, 0.6) is 5.75 Å². The van der Waals surface area contributed by atoms with E-state index in [0.717, 1.165) is 16.8 Å². The molecule has 0 spiro atoms. The van der Waals surface area contributed by atoms with Crippen LogP contribution in [0.25, 0.3) is 11.3 Å². The van der Waals surface area contributed by atoms with Crippen molar-refractivity contribution in [3.63, 3.8) is 0 Å². The normalized spacial score (nSPS) is 12.7. The molecular weight excluding hydrogens is 350 g/mol. The van der Waals surface area contributed by atoms with Crippen molar-refractivity contribution in [1.29, 1.82) is 0 Å². The van der Waals surface area contributed by atoms with Gasteiger partial charge >= 0.3 is 0 Å². The van der Waals surface area contributed by atoms with Crippen molar-refractivity contribution in [3.05, 3.63) is 59.0 Å². The Morgan fingerprint density at radius 2 is 2.04 bits per heavy atom. The summed E-state index contributed by atoms with van der Waals surface area (Å²) in [5, 5.41) is 7.96. The number of benzene rings is 2. The molecule has 0 atom stereocenters. The Bertz CT molecular complexity index is 996. The highest BCUT2D eigenvalue weighted by Crippen LogP contribution is 2.33. The third-order valence-corrected chi connectivity index (χ3v) is 4.70. The lowest BCUT2D eigenvalue weighted by molar-refractivity contribution is -0.118. The van der Waals surface area contributed by atoms with E-state index in [1.165, 1.54) is 11.3 Å². The van der Waals surface area contributed by atoms with E-state index >= 15 is 0 Å². The molecule has 0 radical (unpaired) electrons. The Morgan fingerprint density at radius 3 is 2.85 bits per heavy atom. The van der Waals surface area contributed by atoms with Gasteiger partial charge in [0.2, 0.25) is 0 Å². The van der Waals surface area contributed by atoms with Gasteiger partial charge in [0.1, 0.15) is 5.75 Å². The van der Waals surface area contributed by atoms with Crippen LogP contribution >= 0.6 is 11.3 Å². The number of thiazole rings is 1. The van der Waals surface area contributed by atoms with Crippen LogP contribution in [0, 0.1) is 6.92 Å². The molecule has 26 heavy (non-hydrogen) atoms. The molecule has 0 saturated carbocycles. The fourth-order valence-corrected chi connectivity index (χ4v) is 3.30. The van der Waals surface area contributed by atoms with Crippen molar-refractivity contribution in [2.45, 2.75) is 6.92 Å². The van der Waals surface area contributed by atoms with E-state index < -0.39 is 0 Å². The number of nitrogens with zero attached hydrogens (tertiary/aromatic N) is 1. The van der Waals surface area contributed by atoms with Gasteiger partial charge in [-0.3, -0.25) is 14.9 Å². The van der Waals surface area contributed by atoms with Crippen LogP contribution in [0.4, 0.5) is 10.8 Å². The lowest BCUT2D eigenvalue weighted by Crippen LogP contribution is -2.25. The monoisotopic (exact) mass is 365 g/mol. The maximum Gasteiger partial charge on any atom is 0.262 e. The Labute approximate surface area is 153 Å². The van der Waals surface area contributed by atoms with Crippen molar-refractivity contribution in [2.75, 3.05) is 17.2 Å². The highest BCUT2D eigenvalue weighted by Gasteiger charge is 2.17. The van der Waals surface area contributed by atoms with E-state index in [-0.39, 0.29) is 18.4 Å². The minimum absolute atomic E-state index is 0.0260. The molecular formula is C19H15N3O3S. The highest BCUT2D eigenvalue weighted by molar-refractivity contribution is 7.14.